The predicted molar refractivity (Wildman–Crippen MR) is 84.4 cm³/mol. The summed E-state index contributed by atoms with van der Waals surface area (Å²) in [7, 11) is -3.46. The van der Waals surface area contributed by atoms with Gasteiger partial charge in [0, 0.05) is 18.5 Å². The molecule has 0 N–H and O–H groups in total. The molecule has 1 aromatic carbocycles. The number of hydrogen-bond donors (Lipinski definition) is 0. The van der Waals surface area contributed by atoms with E-state index in [4.69, 9.17) is 0 Å². The molecule has 0 aromatic heterocycles. The van der Waals surface area contributed by atoms with Gasteiger partial charge in [0.15, 0.2) is 0 Å². The van der Waals surface area contributed by atoms with E-state index in [9.17, 15) is 8.42 Å². The summed E-state index contributed by atoms with van der Waals surface area (Å²) >= 11 is 0. The van der Waals surface area contributed by atoms with Crippen LogP contribution in [-0.2, 0) is 10.0 Å². The van der Waals surface area contributed by atoms with Gasteiger partial charge in [0.25, 0.3) is 0 Å². The molecule has 0 amide bonds. The molecule has 3 nitrogen and oxygen atoms in total. The highest BCUT2D eigenvalue weighted by molar-refractivity contribution is 7.89. The maximum atomic E-state index is 12.9. The van der Waals surface area contributed by atoms with Crippen molar-refractivity contribution in [1.29, 1.82) is 0 Å². The standard InChI is InChI=1S/C17H21NO2S/c1-4-16-13(3)11-18(17(16)14-7-8-14)21(19,20)15-9-5-12(2)6-10-15/h4-6,9-10,14,16-17H,1,3,7-8,11H2,2H3/t16-,17+/m0/s1. The lowest BCUT2D eigenvalue weighted by Gasteiger charge is -2.26. The number of aryl methyl sites for hydroxylation is 1. The molecular formula is C17H21NO2S. The summed E-state index contributed by atoms with van der Waals surface area (Å²) in [4.78, 5) is 0.372. The molecule has 3 rings (SSSR count). The van der Waals surface area contributed by atoms with E-state index in [1.54, 1.807) is 16.4 Å². The smallest absolute Gasteiger partial charge is 0.207 e. The first-order valence-corrected chi connectivity index (χ1v) is 8.78. The molecule has 1 aliphatic carbocycles. The Kier molecular flexibility index (Phi) is 3.54. The van der Waals surface area contributed by atoms with E-state index in [1.807, 2.05) is 25.1 Å². The van der Waals surface area contributed by atoms with Gasteiger partial charge in [-0.05, 0) is 37.8 Å². The van der Waals surface area contributed by atoms with Crippen LogP contribution in [0.3, 0.4) is 0 Å². The molecule has 0 radical (unpaired) electrons. The summed E-state index contributed by atoms with van der Waals surface area (Å²) in [6.45, 7) is 10.3. The fraction of sp³-hybridized carbons (Fsp3) is 0.412. The third-order valence-corrected chi connectivity index (χ3v) is 6.38. The Morgan fingerprint density at radius 2 is 1.86 bits per heavy atom. The van der Waals surface area contributed by atoms with E-state index in [2.05, 4.69) is 13.2 Å². The summed E-state index contributed by atoms with van der Waals surface area (Å²) in [6, 6.07) is 7.07. The van der Waals surface area contributed by atoms with Crippen LogP contribution < -0.4 is 0 Å². The molecule has 1 saturated heterocycles. The Hall–Kier alpha value is -1.39. The van der Waals surface area contributed by atoms with E-state index in [0.717, 1.165) is 24.0 Å². The zero-order chi connectivity index (χ0) is 15.2. The number of nitrogens with zero attached hydrogens (tertiary/aromatic N) is 1. The maximum absolute atomic E-state index is 12.9. The second-order valence-corrected chi connectivity index (χ2v) is 8.00. The van der Waals surface area contributed by atoms with Gasteiger partial charge in [0.1, 0.15) is 0 Å². The van der Waals surface area contributed by atoms with Crippen molar-refractivity contribution in [1.82, 2.24) is 4.31 Å². The van der Waals surface area contributed by atoms with Crippen molar-refractivity contribution >= 4 is 10.0 Å². The summed E-state index contributed by atoms with van der Waals surface area (Å²) in [5.41, 5.74) is 2.01. The van der Waals surface area contributed by atoms with E-state index >= 15 is 0 Å². The zero-order valence-electron chi connectivity index (χ0n) is 12.3. The predicted octanol–water partition coefficient (Wildman–Crippen LogP) is 3.14. The summed E-state index contributed by atoms with van der Waals surface area (Å²) in [5.74, 6) is 0.533. The lowest BCUT2D eigenvalue weighted by Crippen LogP contribution is -2.39. The normalized spacial score (nSPS) is 27.0. The summed E-state index contributed by atoms with van der Waals surface area (Å²) in [5, 5.41) is 0. The van der Waals surface area contributed by atoms with Crippen molar-refractivity contribution in [3.05, 3.63) is 54.6 Å². The van der Waals surface area contributed by atoms with Crippen molar-refractivity contribution in [3.63, 3.8) is 0 Å². The third kappa shape index (κ3) is 2.47. The van der Waals surface area contributed by atoms with Crippen LogP contribution in [0.15, 0.2) is 54.0 Å². The molecule has 2 atom stereocenters. The second kappa shape index (κ2) is 5.11. The first kappa shape index (κ1) is 14.5. The third-order valence-electron chi connectivity index (χ3n) is 4.52. The Morgan fingerprint density at radius 3 is 2.38 bits per heavy atom. The molecule has 1 saturated carbocycles. The number of hydrogen-bond acceptors (Lipinski definition) is 2. The first-order valence-electron chi connectivity index (χ1n) is 7.34. The molecule has 2 aliphatic rings. The van der Waals surface area contributed by atoms with Crippen LogP contribution in [-0.4, -0.2) is 25.3 Å². The fourth-order valence-electron chi connectivity index (χ4n) is 3.19. The number of sulfonamides is 1. The van der Waals surface area contributed by atoms with Gasteiger partial charge < -0.3 is 0 Å². The highest BCUT2D eigenvalue weighted by atomic mass is 32.2. The van der Waals surface area contributed by atoms with Crippen LogP contribution in [0.5, 0.6) is 0 Å². The minimum Gasteiger partial charge on any atom is -0.207 e. The summed E-state index contributed by atoms with van der Waals surface area (Å²) in [6.07, 6.45) is 4.06. The monoisotopic (exact) mass is 303 g/mol. The Labute approximate surface area is 127 Å². The van der Waals surface area contributed by atoms with E-state index in [1.165, 1.54) is 0 Å². The van der Waals surface area contributed by atoms with Crippen molar-refractivity contribution in [2.24, 2.45) is 11.8 Å². The fourth-order valence-corrected chi connectivity index (χ4v) is 4.90. The van der Waals surface area contributed by atoms with E-state index < -0.39 is 10.0 Å². The van der Waals surface area contributed by atoms with Crippen molar-refractivity contribution in [2.75, 3.05) is 6.54 Å². The second-order valence-electron chi connectivity index (χ2n) is 6.11. The molecule has 112 valence electrons. The van der Waals surface area contributed by atoms with Crippen LogP contribution >= 0.6 is 0 Å². The van der Waals surface area contributed by atoms with Crippen LogP contribution in [0.1, 0.15) is 18.4 Å². The van der Waals surface area contributed by atoms with Gasteiger partial charge in [0.05, 0.1) is 4.90 Å². The Bertz CT molecular complexity index is 671. The van der Waals surface area contributed by atoms with Crippen molar-refractivity contribution in [2.45, 2.75) is 30.7 Å². The van der Waals surface area contributed by atoms with Crippen LogP contribution in [0.25, 0.3) is 0 Å². The lowest BCUT2D eigenvalue weighted by atomic mass is 9.94. The van der Waals surface area contributed by atoms with Crippen LogP contribution in [0.2, 0.25) is 0 Å². The SMILES string of the molecule is C=C[C@H]1C(=C)CN(S(=O)(=O)c2ccc(C)cc2)[C@@H]1C1CC1. The quantitative estimate of drug-likeness (QED) is 0.801. The van der Waals surface area contributed by atoms with Crippen molar-refractivity contribution in [3.8, 4) is 0 Å². The van der Waals surface area contributed by atoms with Crippen molar-refractivity contribution < 1.29 is 8.42 Å². The minimum absolute atomic E-state index is 0.00121. The average Bonchev–Trinajstić information content (AvgIpc) is 3.22. The first-order chi connectivity index (χ1) is 9.95. The highest BCUT2D eigenvalue weighted by Crippen LogP contribution is 2.46. The lowest BCUT2D eigenvalue weighted by molar-refractivity contribution is 0.330. The molecule has 0 unspecified atom stereocenters. The van der Waals surface area contributed by atoms with Gasteiger partial charge in [-0.25, -0.2) is 8.42 Å². The van der Waals surface area contributed by atoms with E-state index in [0.29, 0.717) is 17.4 Å². The van der Waals surface area contributed by atoms with Gasteiger partial charge in [-0.15, -0.1) is 6.58 Å². The van der Waals surface area contributed by atoms with Gasteiger partial charge in [-0.3, -0.25) is 0 Å². The molecule has 21 heavy (non-hydrogen) atoms. The molecule has 4 heteroatoms. The topological polar surface area (TPSA) is 37.4 Å². The minimum atomic E-state index is -3.46. The molecule has 1 heterocycles. The number of benzene rings is 1. The molecule has 1 aromatic rings. The Morgan fingerprint density at radius 1 is 1.24 bits per heavy atom. The maximum Gasteiger partial charge on any atom is 0.243 e. The van der Waals surface area contributed by atoms with Crippen LogP contribution in [0.4, 0.5) is 0 Å². The molecule has 0 bridgehead atoms. The molecular weight excluding hydrogens is 282 g/mol. The molecule has 2 fully saturated rings. The molecule has 1 aliphatic heterocycles. The Balaban J connectivity index is 1.99. The van der Waals surface area contributed by atoms with Gasteiger partial charge >= 0.3 is 0 Å². The largest absolute Gasteiger partial charge is 0.243 e. The summed E-state index contributed by atoms with van der Waals surface area (Å²) < 4.78 is 27.5. The van der Waals surface area contributed by atoms with Gasteiger partial charge in [-0.2, -0.15) is 4.31 Å². The molecule has 0 spiro atoms. The van der Waals surface area contributed by atoms with Gasteiger partial charge in [-0.1, -0.05) is 35.9 Å². The van der Waals surface area contributed by atoms with E-state index in [-0.39, 0.29) is 12.0 Å². The van der Waals surface area contributed by atoms with Crippen LogP contribution in [0, 0.1) is 18.8 Å². The highest BCUT2D eigenvalue weighted by Gasteiger charge is 2.49. The number of rotatable bonds is 4. The average molecular weight is 303 g/mol. The zero-order valence-corrected chi connectivity index (χ0v) is 13.1. The van der Waals surface area contributed by atoms with Gasteiger partial charge in [0.2, 0.25) is 10.0 Å².